The highest BCUT2D eigenvalue weighted by atomic mass is 14.7. The summed E-state index contributed by atoms with van der Waals surface area (Å²) in [6, 6.07) is 6.90. The number of hydrogen-bond acceptors (Lipinski definition) is 1. The first-order chi connectivity index (χ1) is 4.95. The van der Waals surface area contributed by atoms with Crippen molar-refractivity contribution < 1.29 is 0 Å². The maximum absolute atomic E-state index is 4.20. The molecule has 1 aromatic rings. The minimum Gasteiger partial charge on any atom is -0.261 e. The maximum Gasteiger partial charge on any atom is 0.0406 e. The van der Waals surface area contributed by atoms with Crippen LogP contribution < -0.4 is 0 Å². The third kappa shape index (κ3) is 1.35. The molecule has 51 valence electrons. The minimum absolute atomic E-state index is 0.940. The SMILES string of the molecule is [c]1ccc(CC2CC2)nc1. The highest BCUT2D eigenvalue weighted by Gasteiger charge is 2.21. The van der Waals surface area contributed by atoms with Gasteiger partial charge in [0.25, 0.3) is 0 Å². The lowest BCUT2D eigenvalue weighted by atomic mass is 10.2. The summed E-state index contributed by atoms with van der Waals surface area (Å²) in [5.41, 5.74) is 1.22. The molecule has 0 aliphatic heterocycles. The normalized spacial score (nSPS) is 17.2. The lowest BCUT2D eigenvalue weighted by Gasteiger charge is -1.94. The molecule has 0 spiro atoms. The Morgan fingerprint density at radius 1 is 1.60 bits per heavy atom. The summed E-state index contributed by atoms with van der Waals surface area (Å²) < 4.78 is 0. The molecule has 0 aromatic carbocycles. The van der Waals surface area contributed by atoms with Gasteiger partial charge in [-0.1, -0.05) is 6.07 Å². The van der Waals surface area contributed by atoms with Gasteiger partial charge in [0.05, 0.1) is 0 Å². The second-order valence-corrected chi connectivity index (χ2v) is 2.90. The van der Waals surface area contributed by atoms with E-state index in [1.807, 2.05) is 6.07 Å². The van der Waals surface area contributed by atoms with Gasteiger partial charge in [-0.2, -0.15) is 0 Å². The zero-order chi connectivity index (χ0) is 6.81. The van der Waals surface area contributed by atoms with Gasteiger partial charge in [0.2, 0.25) is 0 Å². The van der Waals surface area contributed by atoms with Crippen molar-refractivity contribution in [3.63, 3.8) is 0 Å². The fourth-order valence-electron chi connectivity index (χ4n) is 1.09. The van der Waals surface area contributed by atoms with E-state index in [2.05, 4.69) is 17.1 Å². The number of aromatic nitrogens is 1. The Morgan fingerprint density at radius 2 is 2.50 bits per heavy atom. The van der Waals surface area contributed by atoms with Crippen molar-refractivity contribution in [2.45, 2.75) is 19.3 Å². The van der Waals surface area contributed by atoms with Crippen LogP contribution in [-0.2, 0) is 6.42 Å². The van der Waals surface area contributed by atoms with Gasteiger partial charge in [-0.05, 0) is 31.2 Å². The summed E-state index contributed by atoms with van der Waals surface area (Å²) >= 11 is 0. The molecule has 1 heteroatoms. The average Bonchev–Trinajstić information content (AvgIpc) is 2.74. The van der Waals surface area contributed by atoms with Crippen LogP contribution in [0.2, 0.25) is 0 Å². The van der Waals surface area contributed by atoms with Crippen molar-refractivity contribution in [1.82, 2.24) is 4.98 Å². The van der Waals surface area contributed by atoms with Crippen molar-refractivity contribution in [3.05, 3.63) is 30.1 Å². The summed E-state index contributed by atoms with van der Waals surface area (Å²) in [6.45, 7) is 0. The maximum atomic E-state index is 4.20. The second kappa shape index (κ2) is 2.41. The van der Waals surface area contributed by atoms with Crippen molar-refractivity contribution in [2.75, 3.05) is 0 Å². The molecular formula is C9H10N. The number of nitrogens with zero attached hydrogens (tertiary/aromatic N) is 1. The van der Waals surface area contributed by atoms with E-state index in [-0.39, 0.29) is 0 Å². The Balaban J connectivity index is 2.03. The van der Waals surface area contributed by atoms with E-state index in [1.54, 1.807) is 6.20 Å². The molecule has 1 nitrogen and oxygen atoms in total. The van der Waals surface area contributed by atoms with Crippen molar-refractivity contribution >= 4 is 0 Å². The van der Waals surface area contributed by atoms with Crippen LogP contribution in [0.25, 0.3) is 0 Å². The largest absolute Gasteiger partial charge is 0.261 e. The predicted molar refractivity (Wildman–Crippen MR) is 39.5 cm³/mol. The second-order valence-electron chi connectivity index (χ2n) is 2.90. The summed E-state index contributed by atoms with van der Waals surface area (Å²) in [5, 5.41) is 0. The fourth-order valence-corrected chi connectivity index (χ4v) is 1.09. The molecule has 1 aliphatic rings. The van der Waals surface area contributed by atoms with Gasteiger partial charge < -0.3 is 0 Å². The number of rotatable bonds is 2. The lowest BCUT2D eigenvalue weighted by Crippen LogP contribution is -1.89. The standard InChI is InChI=1S/C9H10N/c1-2-6-10-9(3-1)7-8-4-5-8/h1,3,6,8H,4-5,7H2. The highest BCUT2D eigenvalue weighted by Crippen LogP contribution is 2.31. The van der Waals surface area contributed by atoms with Crippen LogP contribution in [0.4, 0.5) is 0 Å². The van der Waals surface area contributed by atoms with E-state index in [0.29, 0.717) is 0 Å². The average molecular weight is 132 g/mol. The molecule has 1 aliphatic carbocycles. The van der Waals surface area contributed by atoms with Gasteiger partial charge >= 0.3 is 0 Å². The first-order valence-electron chi connectivity index (χ1n) is 3.76. The van der Waals surface area contributed by atoms with E-state index in [4.69, 9.17) is 0 Å². The zero-order valence-corrected chi connectivity index (χ0v) is 5.88. The van der Waals surface area contributed by atoms with E-state index in [0.717, 1.165) is 5.92 Å². The third-order valence-corrected chi connectivity index (χ3v) is 1.87. The molecule has 0 unspecified atom stereocenters. The van der Waals surface area contributed by atoms with Crippen LogP contribution in [0.15, 0.2) is 18.3 Å². The Morgan fingerprint density at radius 3 is 3.10 bits per heavy atom. The van der Waals surface area contributed by atoms with Crippen LogP contribution >= 0.6 is 0 Å². The molecule has 1 fully saturated rings. The first-order valence-corrected chi connectivity index (χ1v) is 3.76. The smallest absolute Gasteiger partial charge is 0.0406 e. The summed E-state index contributed by atoms with van der Waals surface area (Å²) in [4.78, 5) is 4.20. The van der Waals surface area contributed by atoms with Gasteiger partial charge in [-0.25, -0.2) is 0 Å². The lowest BCUT2D eigenvalue weighted by molar-refractivity contribution is 0.804. The van der Waals surface area contributed by atoms with Crippen LogP contribution in [0.3, 0.4) is 0 Å². The van der Waals surface area contributed by atoms with Gasteiger partial charge in [0, 0.05) is 18.0 Å². The highest BCUT2D eigenvalue weighted by molar-refractivity contribution is 5.04. The van der Waals surface area contributed by atoms with Crippen LogP contribution in [-0.4, -0.2) is 4.98 Å². The predicted octanol–water partition coefficient (Wildman–Crippen LogP) is 1.83. The quantitative estimate of drug-likeness (QED) is 0.598. The van der Waals surface area contributed by atoms with Crippen LogP contribution in [0.5, 0.6) is 0 Å². The molecule has 1 radical (unpaired) electrons. The first kappa shape index (κ1) is 5.90. The monoisotopic (exact) mass is 132 g/mol. The molecule has 0 atom stereocenters. The Hall–Kier alpha value is -0.850. The van der Waals surface area contributed by atoms with E-state index in [1.165, 1.54) is 25.0 Å². The molecule has 0 bridgehead atoms. The van der Waals surface area contributed by atoms with E-state index < -0.39 is 0 Å². The van der Waals surface area contributed by atoms with Crippen molar-refractivity contribution in [2.24, 2.45) is 5.92 Å². The molecule has 1 saturated carbocycles. The van der Waals surface area contributed by atoms with Gasteiger partial charge in [0.15, 0.2) is 0 Å². The van der Waals surface area contributed by atoms with Gasteiger partial charge in [-0.3, -0.25) is 4.98 Å². The molecule has 1 heterocycles. The molecule has 10 heavy (non-hydrogen) atoms. The molecule has 0 N–H and O–H groups in total. The zero-order valence-electron chi connectivity index (χ0n) is 5.88. The third-order valence-electron chi connectivity index (χ3n) is 1.87. The topological polar surface area (TPSA) is 12.9 Å². The summed E-state index contributed by atoms with van der Waals surface area (Å²) in [6.07, 6.45) is 5.73. The fraction of sp³-hybridized carbons (Fsp3) is 0.444. The van der Waals surface area contributed by atoms with E-state index >= 15 is 0 Å². The summed E-state index contributed by atoms with van der Waals surface area (Å²) in [7, 11) is 0. The molecule has 2 rings (SSSR count). The Labute approximate surface area is 61.1 Å². The van der Waals surface area contributed by atoms with Crippen molar-refractivity contribution in [1.29, 1.82) is 0 Å². The molecule has 0 saturated heterocycles. The van der Waals surface area contributed by atoms with Gasteiger partial charge in [0.1, 0.15) is 0 Å². The Kier molecular flexibility index (Phi) is 1.42. The van der Waals surface area contributed by atoms with Crippen molar-refractivity contribution in [3.8, 4) is 0 Å². The summed E-state index contributed by atoms with van der Waals surface area (Å²) in [5.74, 6) is 0.940. The van der Waals surface area contributed by atoms with E-state index in [9.17, 15) is 0 Å². The molecule has 0 amide bonds. The minimum atomic E-state index is 0.940. The number of pyridine rings is 1. The van der Waals surface area contributed by atoms with Crippen LogP contribution in [0.1, 0.15) is 18.5 Å². The van der Waals surface area contributed by atoms with Crippen LogP contribution in [0, 0.1) is 12.0 Å². The van der Waals surface area contributed by atoms with Gasteiger partial charge in [-0.15, -0.1) is 0 Å². The molecular weight excluding hydrogens is 122 g/mol. The Bertz CT molecular complexity index is 201. The molecule has 1 aromatic heterocycles. The number of hydrogen-bond donors (Lipinski definition) is 0.